The lowest BCUT2D eigenvalue weighted by molar-refractivity contribution is 0.0914. The van der Waals surface area contributed by atoms with Gasteiger partial charge in [-0.15, -0.1) is 0 Å². The normalized spacial score (nSPS) is 29.4. The van der Waals surface area contributed by atoms with Crippen molar-refractivity contribution in [2.24, 2.45) is 17.8 Å². The quantitative estimate of drug-likeness (QED) is 0.828. The molecule has 4 heteroatoms. The molecule has 0 heterocycles. The lowest BCUT2D eigenvalue weighted by atomic mass is 9.84. The Kier molecular flexibility index (Phi) is 3.76. The number of carbonyl (C=O) groups excluding carboxylic acids is 1. The molecule has 2 bridgehead atoms. The molecule has 0 saturated heterocycles. The number of anilines is 1. The first-order valence-electron chi connectivity index (χ1n) is 7.41. The van der Waals surface area contributed by atoms with Gasteiger partial charge in [0.25, 0.3) is 5.91 Å². The molecule has 0 aromatic heterocycles. The second-order valence-electron chi connectivity index (χ2n) is 6.31. The fraction of sp³-hybridized carbons (Fsp3) is 0.562. The van der Waals surface area contributed by atoms with E-state index in [4.69, 9.17) is 5.73 Å². The maximum atomic E-state index is 12.4. The number of carbonyl (C=O) groups is 1. The van der Waals surface area contributed by atoms with Gasteiger partial charge >= 0.3 is 0 Å². The van der Waals surface area contributed by atoms with Crippen LogP contribution in [0.2, 0.25) is 0 Å². The predicted octanol–water partition coefficient (Wildman–Crippen LogP) is 3.59. The summed E-state index contributed by atoms with van der Waals surface area (Å²) in [5.41, 5.74) is 7.06. The van der Waals surface area contributed by atoms with E-state index in [0.717, 1.165) is 11.8 Å². The molecule has 3 rings (SSSR count). The Bertz CT molecular complexity index is 531. The first-order chi connectivity index (χ1) is 9.56. The van der Waals surface area contributed by atoms with Gasteiger partial charge in [0.05, 0.1) is 10.0 Å². The molecule has 4 atom stereocenters. The molecule has 1 aromatic carbocycles. The summed E-state index contributed by atoms with van der Waals surface area (Å²) in [7, 11) is 0. The number of nitrogens with one attached hydrogen (secondary N) is 1. The van der Waals surface area contributed by atoms with Crippen molar-refractivity contribution in [2.75, 3.05) is 5.73 Å². The average molecular weight is 337 g/mol. The maximum Gasteiger partial charge on any atom is 0.252 e. The smallest absolute Gasteiger partial charge is 0.252 e. The molecular weight excluding hydrogens is 316 g/mol. The van der Waals surface area contributed by atoms with Crippen molar-refractivity contribution in [2.45, 2.75) is 38.6 Å². The number of rotatable bonds is 3. The van der Waals surface area contributed by atoms with E-state index in [2.05, 4.69) is 28.2 Å². The van der Waals surface area contributed by atoms with Crippen molar-refractivity contribution >= 4 is 27.5 Å². The molecule has 1 aromatic rings. The second kappa shape index (κ2) is 5.40. The van der Waals surface area contributed by atoms with Crippen LogP contribution in [0, 0.1) is 17.8 Å². The summed E-state index contributed by atoms with van der Waals surface area (Å²) >= 11 is 3.40. The fourth-order valence-electron chi connectivity index (χ4n) is 4.02. The molecule has 2 aliphatic rings. The van der Waals surface area contributed by atoms with Crippen LogP contribution in [0.3, 0.4) is 0 Å². The highest BCUT2D eigenvalue weighted by Gasteiger charge is 2.42. The van der Waals surface area contributed by atoms with Gasteiger partial charge in [0.1, 0.15) is 0 Å². The third kappa shape index (κ3) is 2.46. The zero-order valence-electron chi connectivity index (χ0n) is 11.7. The minimum Gasteiger partial charge on any atom is -0.398 e. The van der Waals surface area contributed by atoms with Gasteiger partial charge in [-0.05, 0) is 72.0 Å². The molecule has 0 radical (unpaired) electrons. The van der Waals surface area contributed by atoms with Crippen molar-refractivity contribution in [3.8, 4) is 0 Å². The molecule has 108 valence electrons. The van der Waals surface area contributed by atoms with Crippen molar-refractivity contribution in [1.29, 1.82) is 0 Å². The number of halogens is 1. The van der Waals surface area contributed by atoms with Crippen LogP contribution >= 0.6 is 15.9 Å². The van der Waals surface area contributed by atoms with Crippen molar-refractivity contribution in [1.82, 2.24) is 5.32 Å². The van der Waals surface area contributed by atoms with E-state index < -0.39 is 0 Å². The van der Waals surface area contributed by atoms with E-state index >= 15 is 0 Å². The van der Waals surface area contributed by atoms with Crippen LogP contribution in [0.25, 0.3) is 0 Å². The van der Waals surface area contributed by atoms with E-state index in [1.165, 1.54) is 25.7 Å². The van der Waals surface area contributed by atoms with E-state index in [0.29, 0.717) is 21.6 Å². The van der Waals surface area contributed by atoms with Gasteiger partial charge in [0.2, 0.25) is 0 Å². The van der Waals surface area contributed by atoms with Gasteiger partial charge in [-0.3, -0.25) is 4.79 Å². The van der Waals surface area contributed by atoms with Crippen molar-refractivity contribution < 1.29 is 4.79 Å². The Hall–Kier alpha value is -1.03. The highest BCUT2D eigenvalue weighted by Crippen LogP contribution is 2.49. The van der Waals surface area contributed by atoms with Crippen LogP contribution in [0.5, 0.6) is 0 Å². The van der Waals surface area contributed by atoms with Crippen LogP contribution < -0.4 is 11.1 Å². The molecule has 3 nitrogen and oxygen atoms in total. The lowest BCUT2D eigenvalue weighted by Crippen LogP contribution is -2.40. The summed E-state index contributed by atoms with van der Waals surface area (Å²) in [6.45, 7) is 2.14. The summed E-state index contributed by atoms with van der Waals surface area (Å²) in [6, 6.07) is 5.66. The second-order valence-corrected chi connectivity index (χ2v) is 7.10. The highest BCUT2D eigenvalue weighted by molar-refractivity contribution is 9.10. The van der Waals surface area contributed by atoms with E-state index in [9.17, 15) is 4.79 Å². The Labute approximate surface area is 128 Å². The summed E-state index contributed by atoms with van der Waals surface area (Å²) in [5.74, 6) is 2.35. The van der Waals surface area contributed by atoms with Crippen LogP contribution in [0.4, 0.5) is 5.69 Å². The summed E-state index contributed by atoms with van der Waals surface area (Å²) in [4.78, 5) is 12.4. The van der Waals surface area contributed by atoms with Gasteiger partial charge < -0.3 is 11.1 Å². The van der Waals surface area contributed by atoms with E-state index in [1.807, 2.05) is 12.1 Å². The summed E-state index contributed by atoms with van der Waals surface area (Å²) in [6.07, 6.45) is 5.39. The molecule has 2 fully saturated rings. The first kappa shape index (κ1) is 13.9. The summed E-state index contributed by atoms with van der Waals surface area (Å²) < 4.78 is 0.692. The number of hydrogen-bond donors (Lipinski definition) is 2. The minimum absolute atomic E-state index is 0.0283. The van der Waals surface area contributed by atoms with Gasteiger partial charge in [0, 0.05) is 11.7 Å². The maximum absolute atomic E-state index is 12.4. The molecule has 20 heavy (non-hydrogen) atoms. The van der Waals surface area contributed by atoms with Gasteiger partial charge in [-0.2, -0.15) is 0 Å². The van der Waals surface area contributed by atoms with Gasteiger partial charge in [-0.25, -0.2) is 0 Å². The topological polar surface area (TPSA) is 55.1 Å². The molecule has 3 N–H and O–H groups in total. The Morgan fingerprint density at radius 2 is 2.20 bits per heavy atom. The van der Waals surface area contributed by atoms with Crippen LogP contribution in [0.15, 0.2) is 22.7 Å². The van der Waals surface area contributed by atoms with Gasteiger partial charge in [0.15, 0.2) is 0 Å². The van der Waals surface area contributed by atoms with Crippen LogP contribution in [-0.2, 0) is 0 Å². The number of fused-ring (bicyclic) bond motifs is 2. The molecule has 4 unspecified atom stereocenters. The van der Waals surface area contributed by atoms with Crippen LogP contribution in [0.1, 0.15) is 43.0 Å². The highest BCUT2D eigenvalue weighted by atomic mass is 79.9. The zero-order chi connectivity index (χ0) is 14.3. The monoisotopic (exact) mass is 336 g/mol. The van der Waals surface area contributed by atoms with Gasteiger partial charge in [-0.1, -0.05) is 12.5 Å². The number of amides is 1. The number of benzene rings is 1. The molecule has 1 amide bonds. The number of nitrogens with two attached hydrogens (primary N) is 1. The lowest BCUT2D eigenvalue weighted by Gasteiger charge is -2.28. The van der Waals surface area contributed by atoms with E-state index in [-0.39, 0.29) is 11.9 Å². The summed E-state index contributed by atoms with van der Waals surface area (Å²) in [5, 5.41) is 3.17. The predicted molar refractivity (Wildman–Crippen MR) is 84.4 cm³/mol. The Morgan fingerprint density at radius 1 is 1.40 bits per heavy atom. The van der Waals surface area contributed by atoms with E-state index in [1.54, 1.807) is 6.07 Å². The third-order valence-electron chi connectivity index (χ3n) is 5.07. The molecule has 2 saturated carbocycles. The van der Waals surface area contributed by atoms with Crippen molar-refractivity contribution in [3.63, 3.8) is 0 Å². The largest absolute Gasteiger partial charge is 0.398 e. The Morgan fingerprint density at radius 3 is 2.85 bits per heavy atom. The SMILES string of the molecule is CC(NC(=O)c1cccc(N)c1Br)C1CC2CCC1C2. The number of nitrogen functional groups attached to an aromatic ring is 1. The van der Waals surface area contributed by atoms with Crippen molar-refractivity contribution in [3.05, 3.63) is 28.2 Å². The molecular formula is C16H21BrN2O. The Balaban J connectivity index is 1.68. The fourth-order valence-corrected chi connectivity index (χ4v) is 4.47. The molecule has 0 aliphatic heterocycles. The van der Waals surface area contributed by atoms with Crippen LogP contribution in [-0.4, -0.2) is 11.9 Å². The number of hydrogen-bond acceptors (Lipinski definition) is 2. The average Bonchev–Trinajstić information content (AvgIpc) is 3.04. The first-order valence-corrected chi connectivity index (χ1v) is 8.20. The minimum atomic E-state index is -0.0283. The third-order valence-corrected chi connectivity index (χ3v) is 5.95. The zero-order valence-corrected chi connectivity index (χ0v) is 13.3. The molecule has 0 spiro atoms. The standard InChI is InChI=1S/C16H21BrN2O/c1-9(13-8-10-5-6-11(13)7-10)19-16(20)12-3-2-4-14(18)15(12)17/h2-4,9-11,13H,5-8,18H2,1H3,(H,19,20). The molecule has 2 aliphatic carbocycles.